The quantitative estimate of drug-likeness (QED) is 0.862. The first kappa shape index (κ1) is 12.5. The molecule has 0 radical (unpaired) electrons. The van der Waals surface area contributed by atoms with E-state index in [-0.39, 0.29) is 16.8 Å². The van der Waals surface area contributed by atoms with Crippen molar-refractivity contribution in [3.63, 3.8) is 0 Å². The lowest BCUT2D eigenvalue weighted by Crippen LogP contribution is -2.31. The van der Waals surface area contributed by atoms with Gasteiger partial charge in [-0.1, -0.05) is 40.2 Å². The van der Waals surface area contributed by atoms with Crippen LogP contribution in [-0.2, 0) is 6.42 Å². The highest BCUT2D eigenvalue weighted by molar-refractivity contribution is 9.09. The molecule has 1 amide bonds. The van der Waals surface area contributed by atoms with Crippen molar-refractivity contribution >= 4 is 21.8 Å². The highest BCUT2D eigenvalue weighted by Gasteiger charge is 2.32. The zero-order valence-electron chi connectivity index (χ0n) is 10.5. The summed E-state index contributed by atoms with van der Waals surface area (Å²) in [5.74, 6) is 0.562. The third-order valence-corrected chi connectivity index (χ3v) is 4.41. The molecule has 0 saturated carbocycles. The minimum atomic E-state index is -0.0857. The number of halogens is 1. The molecule has 3 rings (SSSR count). The average molecular weight is 320 g/mol. The molecule has 1 aromatic carbocycles. The molecule has 1 aliphatic carbocycles. The van der Waals surface area contributed by atoms with Crippen LogP contribution in [-0.4, -0.2) is 10.7 Å². The van der Waals surface area contributed by atoms with Crippen LogP contribution in [0, 0.1) is 6.92 Å². The van der Waals surface area contributed by atoms with Gasteiger partial charge in [-0.15, -0.1) is 0 Å². The second kappa shape index (κ2) is 4.85. The van der Waals surface area contributed by atoms with Crippen molar-refractivity contribution in [3.8, 4) is 0 Å². The molecule has 0 aliphatic heterocycles. The van der Waals surface area contributed by atoms with Crippen LogP contribution in [0.15, 0.2) is 41.0 Å². The number of carbonyl (C=O) groups is 1. The van der Waals surface area contributed by atoms with Gasteiger partial charge in [0.05, 0.1) is 17.9 Å². The van der Waals surface area contributed by atoms with E-state index in [0.717, 1.165) is 6.42 Å². The fraction of sp³-hybridized carbons (Fsp3) is 0.267. The van der Waals surface area contributed by atoms with Gasteiger partial charge in [0, 0.05) is 4.83 Å². The van der Waals surface area contributed by atoms with E-state index in [1.54, 1.807) is 19.3 Å². The number of fused-ring (bicyclic) bond motifs is 1. The van der Waals surface area contributed by atoms with Crippen LogP contribution in [0.1, 0.15) is 33.3 Å². The molecule has 4 heteroatoms. The van der Waals surface area contributed by atoms with Gasteiger partial charge in [-0.05, 0) is 30.5 Å². The average Bonchev–Trinajstić information content (AvgIpc) is 2.94. The zero-order chi connectivity index (χ0) is 13.4. The van der Waals surface area contributed by atoms with Crippen molar-refractivity contribution in [3.05, 3.63) is 59.0 Å². The molecule has 19 heavy (non-hydrogen) atoms. The molecule has 0 bridgehead atoms. The van der Waals surface area contributed by atoms with Crippen LogP contribution in [0.25, 0.3) is 0 Å². The van der Waals surface area contributed by atoms with Gasteiger partial charge < -0.3 is 9.73 Å². The third-order valence-electron chi connectivity index (χ3n) is 3.56. The first-order valence-corrected chi connectivity index (χ1v) is 7.15. The molecule has 0 fully saturated rings. The van der Waals surface area contributed by atoms with E-state index in [9.17, 15) is 4.79 Å². The van der Waals surface area contributed by atoms with Gasteiger partial charge >= 0.3 is 0 Å². The summed E-state index contributed by atoms with van der Waals surface area (Å²) in [6, 6.07) is 9.94. The summed E-state index contributed by atoms with van der Waals surface area (Å²) in [6.07, 6.45) is 2.48. The number of hydrogen-bond donors (Lipinski definition) is 1. The van der Waals surface area contributed by atoms with E-state index < -0.39 is 0 Å². The Morgan fingerprint density at radius 3 is 2.89 bits per heavy atom. The highest BCUT2D eigenvalue weighted by atomic mass is 79.9. The maximum absolute atomic E-state index is 12.2. The molecular formula is C15H14BrNO2. The molecule has 98 valence electrons. The maximum atomic E-state index is 12.2. The summed E-state index contributed by atoms with van der Waals surface area (Å²) >= 11 is 3.66. The monoisotopic (exact) mass is 319 g/mol. The smallest absolute Gasteiger partial charge is 0.255 e. The number of furan rings is 1. The van der Waals surface area contributed by atoms with E-state index >= 15 is 0 Å². The molecule has 2 unspecified atom stereocenters. The van der Waals surface area contributed by atoms with Crippen molar-refractivity contribution in [2.75, 3.05) is 0 Å². The third kappa shape index (κ3) is 2.21. The molecule has 1 heterocycles. The number of benzene rings is 1. The number of alkyl halides is 1. The second-order valence-corrected chi connectivity index (χ2v) is 5.94. The summed E-state index contributed by atoms with van der Waals surface area (Å²) in [6.45, 7) is 1.79. The first-order valence-electron chi connectivity index (χ1n) is 6.23. The van der Waals surface area contributed by atoms with Gasteiger partial charge in [0.25, 0.3) is 5.91 Å². The Hall–Kier alpha value is -1.55. The van der Waals surface area contributed by atoms with Crippen molar-refractivity contribution in [2.24, 2.45) is 0 Å². The van der Waals surface area contributed by atoms with Gasteiger partial charge in [0.15, 0.2) is 0 Å². The summed E-state index contributed by atoms with van der Waals surface area (Å²) < 4.78 is 5.17. The first-order chi connectivity index (χ1) is 9.16. The molecular weight excluding hydrogens is 306 g/mol. The fourth-order valence-electron chi connectivity index (χ4n) is 2.55. The van der Waals surface area contributed by atoms with Crippen LogP contribution >= 0.6 is 15.9 Å². The molecule has 1 aromatic heterocycles. The number of amides is 1. The van der Waals surface area contributed by atoms with Gasteiger partial charge in [-0.25, -0.2) is 0 Å². The van der Waals surface area contributed by atoms with E-state index in [2.05, 4.69) is 33.4 Å². The standard InChI is InChI=1S/C15H14BrNO2/c1-9-11(6-7-19-9)15(18)17-14-12-5-3-2-4-10(12)8-13(14)16/h2-7,13-14H,8H2,1H3,(H,17,18). The Kier molecular flexibility index (Phi) is 3.19. The summed E-state index contributed by atoms with van der Waals surface area (Å²) in [5.41, 5.74) is 3.08. The number of aryl methyl sites for hydroxylation is 1. The molecule has 1 N–H and O–H groups in total. The molecule has 0 saturated heterocycles. The van der Waals surface area contributed by atoms with Crippen molar-refractivity contribution in [1.82, 2.24) is 5.32 Å². The van der Waals surface area contributed by atoms with Crippen LogP contribution in [0.4, 0.5) is 0 Å². The number of carbonyl (C=O) groups excluding carboxylic acids is 1. The summed E-state index contributed by atoms with van der Waals surface area (Å²) in [7, 11) is 0. The lowest BCUT2D eigenvalue weighted by atomic mass is 10.1. The van der Waals surface area contributed by atoms with Crippen LogP contribution in [0.2, 0.25) is 0 Å². The molecule has 2 atom stereocenters. The van der Waals surface area contributed by atoms with Gasteiger partial charge in [-0.2, -0.15) is 0 Å². The second-order valence-electron chi connectivity index (χ2n) is 4.76. The number of nitrogens with one attached hydrogen (secondary N) is 1. The predicted octanol–water partition coefficient (Wildman–Crippen LogP) is 3.38. The Balaban J connectivity index is 1.84. The Bertz CT molecular complexity index is 620. The van der Waals surface area contributed by atoms with E-state index in [0.29, 0.717) is 11.3 Å². The molecule has 3 nitrogen and oxygen atoms in total. The fourth-order valence-corrected chi connectivity index (χ4v) is 3.32. The lowest BCUT2D eigenvalue weighted by Gasteiger charge is -2.17. The topological polar surface area (TPSA) is 42.2 Å². The lowest BCUT2D eigenvalue weighted by molar-refractivity contribution is 0.0936. The predicted molar refractivity (Wildman–Crippen MR) is 76.5 cm³/mol. The number of rotatable bonds is 2. The van der Waals surface area contributed by atoms with Gasteiger partial charge in [0.1, 0.15) is 5.76 Å². The van der Waals surface area contributed by atoms with Crippen molar-refractivity contribution < 1.29 is 9.21 Å². The maximum Gasteiger partial charge on any atom is 0.255 e. The van der Waals surface area contributed by atoms with Gasteiger partial charge in [-0.3, -0.25) is 4.79 Å². The minimum absolute atomic E-state index is 0.0120. The SMILES string of the molecule is Cc1occc1C(=O)NC1c2ccccc2CC1Br. The Morgan fingerprint density at radius 2 is 2.16 bits per heavy atom. The highest BCUT2D eigenvalue weighted by Crippen LogP contribution is 2.35. The molecule has 0 spiro atoms. The zero-order valence-corrected chi connectivity index (χ0v) is 12.1. The van der Waals surface area contributed by atoms with Crippen molar-refractivity contribution in [2.45, 2.75) is 24.2 Å². The molecule has 2 aromatic rings. The molecule has 1 aliphatic rings. The van der Waals surface area contributed by atoms with Crippen LogP contribution in [0.3, 0.4) is 0 Å². The van der Waals surface area contributed by atoms with E-state index in [1.165, 1.54) is 11.1 Å². The minimum Gasteiger partial charge on any atom is -0.469 e. The number of hydrogen-bond acceptors (Lipinski definition) is 2. The van der Waals surface area contributed by atoms with E-state index in [1.807, 2.05) is 12.1 Å². The Labute approximate surface area is 120 Å². The van der Waals surface area contributed by atoms with Crippen LogP contribution < -0.4 is 5.32 Å². The van der Waals surface area contributed by atoms with Gasteiger partial charge in [0.2, 0.25) is 0 Å². The normalized spacial score (nSPS) is 21.2. The largest absolute Gasteiger partial charge is 0.469 e. The summed E-state index contributed by atoms with van der Waals surface area (Å²) in [4.78, 5) is 12.5. The van der Waals surface area contributed by atoms with Crippen molar-refractivity contribution in [1.29, 1.82) is 0 Å². The van der Waals surface area contributed by atoms with Crippen LogP contribution in [0.5, 0.6) is 0 Å². The Morgan fingerprint density at radius 1 is 1.37 bits per heavy atom. The van der Waals surface area contributed by atoms with E-state index in [4.69, 9.17) is 4.42 Å². The summed E-state index contributed by atoms with van der Waals surface area (Å²) in [5, 5.41) is 3.08.